The Kier molecular flexibility index (Phi) is 7.37. The van der Waals surface area contributed by atoms with Crippen LogP contribution in [-0.2, 0) is 16.1 Å². The third-order valence-corrected chi connectivity index (χ3v) is 4.32. The number of aromatic nitrogens is 4. The molecule has 0 aliphatic rings. The van der Waals surface area contributed by atoms with Crippen LogP contribution in [0.4, 0.5) is 0 Å². The number of hydrogen-bond acceptors (Lipinski definition) is 7. The van der Waals surface area contributed by atoms with Crippen LogP contribution in [0.15, 0.2) is 42.6 Å². The van der Waals surface area contributed by atoms with E-state index in [1.807, 2.05) is 55.7 Å². The van der Waals surface area contributed by atoms with Crippen molar-refractivity contribution in [2.45, 2.75) is 39.6 Å². The van der Waals surface area contributed by atoms with E-state index in [2.05, 4.69) is 15.2 Å². The molecule has 2 heterocycles. The van der Waals surface area contributed by atoms with E-state index in [1.165, 1.54) is 0 Å². The second-order valence-corrected chi connectivity index (χ2v) is 7.10. The molecule has 1 atom stereocenters. The van der Waals surface area contributed by atoms with Gasteiger partial charge in [-0.2, -0.15) is 0 Å². The molecule has 2 aromatic heterocycles. The molecule has 8 nitrogen and oxygen atoms in total. The van der Waals surface area contributed by atoms with Gasteiger partial charge in [0.15, 0.2) is 11.6 Å². The van der Waals surface area contributed by atoms with Gasteiger partial charge in [-0.25, -0.2) is 4.98 Å². The van der Waals surface area contributed by atoms with Crippen molar-refractivity contribution in [3.8, 4) is 28.7 Å². The smallest absolute Gasteiger partial charge is 0.213 e. The Morgan fingerprint density at radius 2 is 1.73 bits per heavy atom. The summed E-state index contributed by atoms with van der Waals surface area (Å²) in [4.78, 5) is 4.32. The van der Waals surface area contributed by atoms with Crippen molar-refractivity contribution >= 4 is 0 Å². The molecule has 160 valence electrons. The molecule has 0 unspecified atom stereocenters. The highest BCUT2D eigenvalue weighted by atomic mass is 16.5. The van der Waals surface area contributed by atoms with E-state index < -0.39 is 0 Å². The van der Waals surface area contributed by atoms with Gasteiger partial charge in [0.05, 0.1) is 31.7 Å². The molecule has 0 aliphatic carbocycles. The predicted molar refractivity (Wildman–Crippen MR) is 113 cm³/mol. The van der Waals surface area contributed by atoms with Crippen molar-refractivity contribution in [1.29, 1.82) is 0 Å². The maximum atomic E-state index is 5.84. The first kappa shape index (κ1) is 21.7. The van der Waals surface area contributed by atoms with Gasteiger partial charge >= 0.3 is 0 Å². The lowest BCUT2D eigenvalue weighted by atomic mass is 10.2. The summed E-state index contributed by atoms with van der Waals surface area (Å²) < 4.78 is 23.8. The summed E-state index contributed by atoms with van der Waals surface area (Å²) in [5, 5.41) is 8.78. The minimum atomic E-state index is -0.0327. The van der Waals surface area contributed by atoms with Crippen molar-refractivity contribution in [1.82, 2.24) is 19.7 Å². The molecule has 0 N–H and O–H groups in total. The normalized spacial score (nSPS) is 12.2. The molecule has 0 fully saturated rings. The van der Waals surface area contributed by atoms with E-state index in [9.17, 15) is 0 Å². The molecule has 3 aromatic rings. The number of rotatable bonds is 10. The van der Waals surface area contributed by atoms with Crippen molar-refractivity contribution in [2.75, 3.05) is 20.8 Å². The van der Waals surface area contributed by atoms with Crippen LogP contribution in [-0.4, -0.2) is 52.8 Å². The van der Waals surface area contributed by atoms with Crippen molar-refractivity contribution in [3.05, 3.63) is 48.4 Å². The number of pyridine rings is 1. The minimum Gasteiger partial charge on any atom is -0.488 e. The molecule has 0 aliphatic heterocycles. The van der Waals surface area contributed by atoms with E-state index in [4.69, 9.17) is 18.9 Å². The van der Waals surface area contributed by atoms with E-state index in [0.29, 0.717) is 30.7 Å². The summed E-state index contributed by atoms with van der Waals surface area (Å²) in [6, 6.07) is 11.5. The van der Waals surface area contributed by atoms with Crippen LogP contribution in [0.5, 0.6) is 11.6 Å². The summed E-state index contributed by atoms with van der Waals surface area (Å²) in [5.41, 5.74) is 1.73. The van der Waals surface area contributed by atoms with Gasteiger partial charge < -0.3 is 18.9 Å². The van der Waals surface area contributed by atoms with E-state index in [0.717, 1.165) is 17.0 Å². The zero-order chi connectivity index (χ0) is 21.5. The predicted octanol–water partition coefficient (Wildman–Crippen LogP) is 3.68. The first-order valence-electron chi connectivity index (χ1n) is 9.84. The van der Waals surface area contributed by atoms with E-state index in [1.54, 1.807) is 26.5 Å². The number of methoxy groups -OCH3 is 2. The monoisotopic (exact) mass is 412 g/mol. The molecular formula is C22H28N4O4. The maximum absolute atomic E-state index is 5.84. The topological polar surface area (TPSA) is 80.5 Å². The fraction of sp³-hybridized carbons (Fsp3) is 0.409. The Morgan fingerprint density at radius 1 is 0.967 bits per heavy atom. The average molecular weight is 412 g/mol. The largest absolute Gasteiger partial charge is 0.488 e. The number of nitrogens with zero attached hydrogens (tertiary/aromatic N) is 4. The second kappa shape index (κ2) is 10.2. The molecule has 0 spiro atoms. The highest BCUT2D eigenvalue weighted by molar-refractivity contribution is 5.59. The van der Waals surface area contributed by atoms with Crippen LogP contribution in [0.25, 0.3) is 17.1 Å². The first-order chi connectivity index (χ1) is 14.5. The lowest BCUT2D eigenvalue weighted by Crippen LogP contribution is -2.17. The highest BCUT2D eigenvalue weighted by Crippen LogP contribution is 2.26. The van der Waals surface area contributed by atoms with Crippen molar-refractivity contribution in [2.24, 2.45) is 0 Å². The number of ether oxygens (including phenoxy) is 4. The number of benzene rings is 1. The van der Waals surface area contributed by atoms with Gasteiger partial charge in [-0.3, -0.25) is 4.57 Å². The van der Waals surface area contributed by atoms with Crippen LogP contribution < -0.4 is 9.47 Å². The van der Waals surface area contributed by atoms with Crippen molar-refractivity contribution < 1.29 is 18.9 Å². The van der Waals surface area contributed by atoms with E-state index in [-0.39, 0.29) is 12.2 Å². The Labute approximate surface area is 176 Å². The van der Waals surface area contributed by atoms with Gasteiger partial charge in [-0.1, -0.05) is 0 Å². The lowest BCUT2D eigenvalue weighted by molar-refractivity contribution is 0.0604. The highest BCUT2D eigenvalue weighted by Gasteiger charge is 2.17. The molecule has 0 saturated heterocycles. The van der Waals surface area contributed by atoms with Crippen LogP contribution in [0.3, 0.4) is 0 Å². The molecule has 8 heteroatoms. The Bertz CT molecular complexity index is 923. The molecule has 0 saturated carbocycles. The molecule has 0 bridgehead atoms. The van der Waals surface area contributed by atoms with Crippen LogP contribution >= 0.6 is 0 Å². The zero-order valence-electron chi connectivity index (χ0n) is 18.0. The van der Waals surface area contributed by atoms with Gasteiger partial charge in [0.1, 0.15) is 18.5 Å². The van der Waals surface area contributed by atoms with Crippen molar-refractivity contribution in [3.63, 3.8) is 0 Å². The van der Waals surface area contributed by atoms with Gasteiger partial charge in [-0.05, 0) is 51.1 Å². The quantitative estimate of drug-likeness (QED) is 0.502. The zero-order valence-corrected chi connectivity index (χ0v) is 18.0. The minimum absolute atomic E-state index is 0.0327. The summed E-state index contributed by atoms with van der Waals surface area (Å²) in [6.45, 7) is 6.80. The lowest BCUT2D eigenvalue weighted by Gasteiger charge is -2.14. The van der Waals surface area contributed by atoms with Crippen LogP contribution in [0.1, 0.15) is 26.6 Å². The third-order valence-electron chi connectivity index (χ3n) is 4.32. The first-order valence-corrected chi connectivity index (χ1v) is 9.84. The summed E-state index contributed by atoms with van der Waals surface area (Å²) in [5.74, 6) is 2.70. The summed E-state index contributed by atoms with van der Waals surface area (Å²) in [7, 11) is 3.25. The standard InChI is InChI=1S/C22H28N4O4/c1-15(2)29-14-20-24-25-22(26(20)18-8-11-21(28-5)23-12-18)17-6-9-19(10-7-17)30-16(3)13-27-4/h6-12,15-16H,13-14H2,1-5H3/t16-/m1/s1. The average Bonchev–Trinajstić information content (AvgIpc) is 3.17. The van der Waals surface area contributed by atoms with Gasteiger partial charge in [0.2, 0.25) is 5.88 Å². The molecule has 3 rings (SSSR count). The molecule has 0 radical (unpaired) electrons. The fourth-order valence-electron chi connectivity index (χ4n) is 2.92. The Hall–Kier alpha value is -2.97. The van der Waals surface area contributed by atoms with Gasteiger partial charge in [-0.15, -0.1) is 10.2 Å². The molecule has 30 heavy (non-hydrogen) atoms. The second-order valence-electron chi connectivity index (χ2n) is 7.10. The van der Waals surface area contributed by atoms with Crippen LogP contribution in [0.2, 0.25) is 0 Å². The SMILES string of the molecule is COC[C@@H](C)Oc1ccc(-c2nnc(COC(C)C)n2-c2ccc(OC)nc2)cc1. The number of hydrogen-bond donors (Lipinski definition) is 0. The van der Waals surface area contributed by atoms with E-state index >= 15 is 0 Å². The fourth-order valence-corrected chi connectivity index (χ4v) is 2.92. The summed E-state index contributed by atoms with van der Waals surface area (Å²) in [6.07, 6.45) is 1.78. The molecule has 1 aromatic carbocycles. The molecule has 0 amide bonds. The maximum Gasteiger partial charge on any atom is 0.213 e. The van der Waals surface area contributed by atoms with Gasteiger partial charge in [0.25, 0.3) is 0 Å². The Balaban J connectivity index is 1.93. The summed E-state index contributed by atoms with van der Waals surface area (Å²) >= 11 is 0. The van der Waals surface area contributed by atoms with Crippen LogP contribution in [0, 0.1) is 0 Å². The Morgan fingerprint density at radius 3 is 2.33 bits per heavy atom. The third kappa shape index (κ3) is 5.34. The van der Waals surface area contributed by atoms with Gasteiger partial charge in [0, 0.05) is 18.7 Å². The molecular weight excluding hydrogens is 384 g/mol.